The second-order valence-corrected chi connectivity index (χ2v) is 10.4. The summed E-state index contributed by atoms with van der Waals surface area (Å²) in [5.41, 5.74) is 2.15. The first-order chi connectivity index (χ1) is 18.2. The Morgan fingerprint density at radius 3 is 2.42 bits per heavy atom. The Bertz CT molecular complexity index is 1260. The van der Waals surface area contributed by atoms with Gasteiger partial charge in [-0.1, -0.05) is 6.08 Å². The third kappa shape index (κ3) is 5.33. The van der Waals surface area contributed by atoms with Gasteiger partial charge in [0.2, 0.25) is 5.91 Å². The number of nitrogens with one attached hydrogen (secondary N) is 1. The summed E-state index contributed by atoms with van der Waals surface area (Å²) in [5.74, 6) is -1.24. The highest BCUT2D eigenvalue weighted by molar-refractivity contribution is 5.87. The molecular formula is C28H35F2N4O4+. The number of H-pyrrole nitrogens is 1. The van der Waals surface area contributed by atoms with E-state index in [1.54, 1.807) is 22.9 Å². The van der Waals surface area contributed by atoms with Crippen LogP contribution in [0.25, 0.3) is 5.57 Å². The summed E-state index contributed by atoms with van der Waals surface area (Å²) in [5, 5.41) is 7.96. The molecule has 2 fully saturated rings. The number of hydrogen-bond donors (Lipinski definition) is 1. The number of ether oxygens (including phenoxy) is 1. The van der Waals surface area contributed by atoms with Gasteiger partial charge < -0.3 is 29.5 Å². The van der Waals surface area contributed by atoms with E-state index < -0.39 is 23.6 Å². The van der Waals surface area contributed by atoms with Crippen LogP contribution < -0.4 is 15.2 Å². The summed E-state index contributed by atoms with van der Waals surface area (Å²) >= 11 is 0. The van der Waals surface area contributed by atoms with Gasteiger partial charge in [0, 0.05) is 69.5 Å². The predicted octanol–water partition coefficient (Wildman–Crippen LogP) is 2.29. The fourth-order valence-electron chi connectivity index (χ4n) is 5.59. The van der Waals surface area contributed by atoms with E-state index >= 15 is 0 Å². The molecule has 0 spiro atoms. The van der Waals surface area contributed by atoms with E-state index in [1.165, 1.54) is 12.1 Å². The molecule has 3 N–H and O–H groups in total. The first-order valence-electron chi connectivity index (χ1n) is 13.2. The summed E-state index contributed by atoms with van der Waals surface area (Å²) < 4.78 is 33.5. The van der Waals surface area contributed by atoms with E-state index in [0.717, 1.165) is 11.6 Å². The summed E-state index contributed by atoms with van der Waals surface area (Å²) in [6.07, 6.45) is 3.31. The fraction of sp³-hybridized carbons (Fsp3) is 0.500. The van der Waals surface area contributed by atoms with E-state index in [1.807, 2.05) is 13.0 Å². The zero-order valence-corrected chi connectivity index (χ0v) is 21.8. The van der Waals surface area contributed by atoms with Crippen molar-refractivity contribution in [2.45, 2.75) is 38.3 Å². The average molecular weight is 530 g/mol. The fourth-order valence-corrected chi connectivity index (χ4v) is 5.59. The molecule has 38 heavy (non-hydrogen) atoms. The van der Waals surface area contributed by atoms with Crippen molar-refractivity contribution in [3.63, 3.8) is 0 Å². The number of aromatic nitrogens is 1. The van der Waals surface area contributed by atoms with Crippen LogP contribution in [0.3, 0.4) is 0 Å². The number of aromatic amines is 1. The molecule has 1 aromatic carbocycles. The van der Waals surface area contributed by atoms with Crippen LogP contribution in [0.4, 0.5) is 20.3 Å². The number of fused-ring (bicyclic) bond motifs is 1. The van der Waals surface area contributed by atoms with Crippen LogP contribution in [0.5, 0.6) is 0 Å². The van der Waals surface area contributed by atoms with Crippen LogP contribution in [0.2, 0.25) is 0 Å². The molecule has 10 heteroatoms. The molecule has 1 amide bonds. The lowest BCUT2D eigenvalue weighted by Crippen LogP contribution is -2.44. The molecule has 8 nitrogen and oxygen atoms in total. The van der Waals surface area contributed by atoms with Crippen molar-refractivity contribution in [3.8, 4) is 0 Å². The number of carbonyl (C=O) groups excluding carboxylic acids is 1. The van der Waals surface area contributed by atoms with Crippen molar-refractivity contribution in [2.75, 3.05) is 56.2 Å². The van der Waals surface area contributed by atoms with Gasteiger partial charge in [0.1, 0.15) is 17.5 Å². The summed E-state index contributed by atoms with van der Waals surface area (Å²) in [4.78, 5) is 36.1. The van der Waals surface area contributed by atoms with Gasteiger partial charge in [-0.2, -0.15) is 0 Å². The normalized spacial score (nSPS) is 21.1. The molecule has 2 atom stereocenters. The summed E-state index contributed by atoms with van der Waals surface area (Å²) in [6, 6.07) is 4.56. The number of hydrogen-bond acceptors (Lipinski definition) is 5. The van der Waals surface area contributed by atoms with Crippen LogP contribution in [-0.4, -0.2) is 79.5 Å². The third-order valence-electron chi connectivity index (χ3n) is 7.97. The smallest absolute Gasteiger partial charge is 0.229 e. The number of halogens is 2. The van der Waals surface area contributed by atoms with E-state index in [2.05, 4.69) is 9.88 Å². The third-order valence-corrected chi connectivity index (χ3v) is 7.97. The topological polar surface area (TPSA) is 91.8 Å². The monoisotopic (exact) mass is 529 g/mol. The summed E-state index contributed by atoms with van der Waals surface area (Å²) in [6.45, 7) is 5.40. The molecule has 2 saturated heterocycles. The maximum Gasteiger partial charge on any atom is 0.229 e. The minimum atomic E-state index is -0.675. The number of piperidine rings is 1. The molecule has 2 aliphatic heterocycles. The number of rotatable bonds is 5. The van der Waals surface area contributed by atoms with Crippen LogP contribution in [-0.2, 0) is 16.0 Å². The Balaban J connectivity index is 1.54. The highest BCUT2D eigenvalue weighted by Gasteiger charge is 2.35. The Hall–Kier alpha value is -3.24. The van der Waals surface area contributed by atoms with Gasteiger partial charge in [-0.3, -0.25) is 9.59 Å². The zero-order chi connectivity index (χ0) is 27.0. The summed E-state index contributed by atoms with van der Waals surface area (Å²) in [7, 11) is 1.74. The van der Waals surface area contributed by atoms with Crippen molar-refractivity contribution < 1.29 is 23.4 Å². The van der Waals surface area contributed by atoms with Gasteiger partial charge in [-0.25, -0.2) is 8.78 Å². The number of amides is 1. The quantitative estimate of drug-likeness (QED) is 0.601. The molecule has 2 unspecified atom stereocenters. The van der Waals surface area contributed by atoms with Crippen molar-refractivity contribution in [2.24, 2.45) is 5.92 Å². The van der Waals surface area contributed by atoms with Crippen LogP contribution in [0.15, 0.2) is 35.1 Å². The SMILES string of the molecule is CC(C1=CC(C(=O)N2CCC([OH2+])CC2)Cc2c1[nH]c(N1CCOCC1)cc2=O)N(C)c1cc(F)cc(F)c1. The molecule has 1 aromatic heterocycles. The number of likely N-dealkylation sites (N-methyl/N-ethyl adjacent to an activating group) is 1. The first kappa shape index (κ1) is 26.4. The van der Waals surface area contributed by atoms with Gasteiger partial charge >= 0.3 is 0 Å². The van der Waals surface area contributed by atoms with Gasteiger partial charge in [0.25, 0.3) is 0 Å². The number of morpholine rings is 1. The van der Waals surface area contributed by atoms with Gasteiger partial charge in [-0.05, 0) is 31.1 Å². The number of pyridine rings is 1. The standard InChI is InChI=1S/C28H34F2N4O4/c1-17(32(2)21-14-19(29)13-20(30)15-21)23-11-18(28(37)34-5-3-22(35)4-6-34)12-24-25(36)16-26(31-27(23)24)33-7-9-38-10-8-33/h11,13-18,22,35H,3-10,12H2,1-2H3,(H,31,36)/p+1. The Kier molecular flexibility index (Phi) is 7.54. The van der Waals surface area contributed by atoms with Crippen LogP contribution in [0.1, 0.15) is 31.0 Å². The number of nitrogens with zero attached hydrogens (tertiary/aromatic N) is 3. The highest BCUT2D eigenvalue weighted by atomic mass is 19.1. The van der Waals surface area contributed by atoms with Crippen molar-refractivity contribution >= 4 is 23.0 Å². The largest absolute Gasteiger partial charge is 0.443 e. The molecule has 5 rings (SSSR count). The van der Waals surface area contributed by atoms with E-state index in [-0.39, 0.29) is 23.9 Å². The molecule has 3 heterocycles. The van der Waals surface area contributed by atoms with E-state index in [0.29, 0.717) is 75.0 Å². The lowest BCUT2D eigenvalue weighted by molar-refractivity contribution is -0.136. The minimum absolute atomic E-state index is 0.0524. The van der Waals surface area contributed by atoms with Crippen LogP contribution in [0, 0.1) is 17.6 Å². The molecule has 0 radical (unpaired) electrons. The Morgan fingerprint density at radius 2 is 1.76 bits per heavy atom. The van der Waals surface area contributed by atoms with E-state index in [9.17, 15) is 18.4 Å². The molecule has 1 aliphatic carbocycles. The molecule has 0 bridgehead atoms. The van der Waals surface area contributed by atoms with Gasteiger partial charge in [0.15, 0.2) is 11.5 Å². The number of carbonyl (C=O) groups is 1. The van der Waals surface area contributed by atoms with Gasteiger partial charge in [-0.15, -0.1) is 0 Å². The Labute approximate surface area is 220 Å². The van der Waals surface area contributed by atoms with Gasteiger partial charge in [0.05, 0.1) is 30.9 Å². The Morgan fingerprint density at radius 1 is 1.11 bits per heavy atom. The molecule has 0 saturated carbocycles. The van der Waals surface area contributed by atoms with Crippen molar-refractivity contribution in [3.05, 3.63) is 63.5 Å². The molecule has 2 aromatic rings. The second-order valence-electron chi connectivity index (χ2n) is 10.4. The number of benzene rings is 1. The molecule has 3 aliphatic rings. The van der Waals surface area contributed by atoms with Crippen LogP contribution >= 0.6 is 0 Å². The number of anilines is 2. The number of likely N-dealkylation sites (tertiary alicyclic amines) is 1. The van der Waals surface area contributed by atoms with E-state index in [4.69, 9.17) is 9.84 Å². The minimum Gasteiger partial charge on any atom is -0.443 e. The predicted molar refractivity (Wildman–Crippen MR) is 143 cm³/mol. The van der Waals surface area contributed by atoms with Crippen molar-refractivity contribution in [1.29, 1.82) is 0 Å². The lowest BCUT2D eigenvalue weighted by Gasteiger charge is -2.36. The van der Waals surface area contributed by atoms with Crippen molar-refractivity contribution in [1.82, 2.24) is 9.88 Å². The maximum absolute atomic E-state index is 14.0. The average Bonchev–Trinajstić information content (AvgIpc) is 2.91. The zero-order valence-electron chi connectivity index (χ0n) is 21.8. The first-order valence-corrected chi connectivity index (χ1v) is 13.2. The second kappa shape index (κ2) is 10.9. The molecular weight excluding hydrogens is 494 g/mol. The maximum atomic E-state index is 14.0. The lowest BCUT2D eigenvalue weighted by atomic mass is 9.83. The molecule has 204 valence electrons. The highest BCUT2D eigenvalue weighted by Crippen LogP contribution is 2.34.